The van der Waals surface area contributed by atoms with Crippen LogP contribution < -0.4 is 0 Å². The van der Waals surface area contributed by atoms with Crippen LogP contribution in [0.3, 0.4) is 0 Å². The summed E-state index contributed by atoms with van der Waals surface area (Å²) in [5, 5.41) is 11.6. The third-order valence-corrected chi connectivity index (χ3v) is 3.50. The summed E-state index contributed by atoms with van der Waals surface area (Å²) in [5.41, 5.74) is 1.22. The average molecular weight is 205 g/mol. The maximum atomic E-state index is 10.0. The average Bonchev–Trinajstić information content (AvgIpc) is 2.48. The molecule has 82 valence electrons. The Labute approximate surface area is 91.5 Å². The Hall–Kier alpha value is -0.860. The molecule has 0 aliphatic carbocycles. The highest BCUT2D eigenvalue weighted by Crippen LogP contribution is 2.34. The van der Waals surface area contributed by atoms with Gasteiger partial charge in [0.15, 0.2) is 0 Å². The molecule has 2 atom stereocenters. The molecule has 2 rings (SSSR count). The lowest BCUT2D eigenvalue weighted by Gasteiger charge is -2.32. The van der Waals surface area contributed by atoms with Gasteiger partial charge in [-0.3, -0.25) is 0 Å². The fourth-order valence-corrected chi connectivity index (χ4v) is 2.49. The lowest BCUT2D eigenvalue weighted by molar-refractivity contribution is -0.165. The van der Waals surface area contributed by atoms with Crippen molar-refractivity contribution >= 4 is 0 Å². The molecule has 0 spiro atoms. The summed E-state index contributed by atoms with van der Waals surface area (Å²) in [6.07, 6.45) is 3.08. The molecule has 1 fully saturated rings. The van der Waals surface area contributed by atoms with E-state index in [-0.39, 0.29) is 5.54 Å². The molecule has 1 heterocycles. The third-order valence-electron chi connectivity index (χ3n) is 3.50. The van der Waals surface area contributed by atoms with E-state index in [0.717, 1.165) is 19.3 Å². The summed E-state index contributed by atoms with van der Waals surface area (Å²) in [7, 11) is 0. The highest BCUT2D eigenvalue weighted by Gasteiger charge is 2.40. The van der Waals surface area contributed by atoms with E-state index in [0.29, 0.717) is 6.04 Å². The van der Waals surface area contributed by atoms with Gasteiger partial charge in [-0.25, -0.2) is 0 Å². The molecule has 0 unspecified atom stereocenters. The van der Waals surface area contributed by atoms with Crippen LogP contribution in [0.1, 0.15) is 32.3 Å². The van der Waals surface area contributed by atoms with Gasteiger partial charge in [-0.2, -0.15) is 5.06 Å². The van der Waals surface area contributed by atoms with Crippen molar-refractivity contribution in [3.05, 3.63) is 35.9 Å². The molecule has 2 nitrogen and oxygen atoms in total. The molecular formula is C13H19NO. The first-order chi connectivity index (χ1) is 7.12. The second kappa shape index (κ2) is 3.95. The van der Waals surface area contributed by atoms with E-state index in [9.17, 15) is 5.21 Å². The van der Waals surface area contributed by atoms with Gasteiger partial charge < -0.3 is 5.21 Å². The minimum Gasteiger partial charge on any atom is -0.313 e. The maximum Gasteiger partial charge on any atom is 0.0476 e. The summed E-state index contributed by atoms with van der Waals surface area (Å²) in [6, 6.07) is 10.7. The topological polar surface area (TPSA) is 23.5 Å². The highest BCUT2D eigenvalue weighted by atomic mass is 16.5. The van der Waals surface area contributed by atoms with Crippen LogP contribution in [-0.2, 0) is 6.42 Å². The van der Waals surface area contributed by atoms with E-state index in [2.05, 4.69) is 38.1 Å². The SMILES string of the molecule is C[C@@H]1CC[C@@](C)(Cc2ccccc2)N1O. The number of hydroxylamine groups is 2. The maximum absolute atomic E-state index is 10.0. The van der Waals surface area contributed by atoms with Crippen LogP contribution in [0.4, 0.5) is 0 Å². The molecule has 1 aromatic rings. The number of rotatable bonds is 2. The molecular weight excluding hydrogens is 186 g/mol. The zero-order chi connectivity index (χ0) is 10.9. The van der Waals surface area contributed by atoms with Gasteiger partial charge in [0.25, 0.3) is 0 Å². The van der Waals surface area contributed by atoms with Crippen LogP contribution in [-0.4, -0.2) is 21.9 Å². The van der Waals surface area contributed by atoms with Crippen molar-refractivity contribution in [2.75, 3.05) is 0 Å². The summed E-state index contributed by atoms with van der Waals surface area (Å²) in [5.74, 6) is 0. The van der Waals surface area contributed by atoms with Crippen molar-refractivity contribution in [1.82, 2.24) is 5.06 Å². The van der Waals surface area contributed by atoms with Crippen LogP contribution in [0.2, 0.25) is 0 Å². The van der Waals surface area contributed by atoms with E-state index in [4.69, 9.17) is 0 Å². The van der Waals surface area contributed by atoms with E-state index in [1.165, 1.54) is 5.56 Å². The Morgan fingerprint density at radius 3 is 2.60 bits per heavy atom. The van der Waals surface area contributed by atoms with Gasteiger partial charge in [-0.05, 0) is 38.7 Å². The van der Waals surface area contributed by atoms with Crippen molar-refractivity contribution in [3.8, 4) is 0 Å². The second-order valence-corrected chi connectivity index (χ2v) is 4.89. The first-order valence-corrected chi connectivity index (χ1v) is 5.64. The first-order valence-electron chi connectivity index (χ1n) is 5.64. The van der Waals surface area contributed by atoms with Crippen LogP contribution >= 0.6 is 0 Å². The van der Waals surface area contributed by atoms with Crippen LogP contribution in [0, 0.1) is 0 Å². The van der Waals surface area contributed by atoms with Gasteiger partial charge in [-0.1, -0.05) is 30.3 Å². The van der Waals surface area contributed by atoms with Gasteiger partial charge >= 0.3 is 0 Å². The Balaban J connectivity index is 2.12. The number of hydrogen-bond acceptors (Lipinski definition) is 2. The monoisotopic (exact) mass is 205 g/mol. The third kappa shape index (κ3) is 2.06. The standard InChI is InChI=1S/C13H19NO/c1-11-8-9-13(2,14(11)15)10-12-6-4-3-5-7-12/h3-7,11,15H,8-10H2,1-2H3/t11-,13+/m1/s1. The summed E-state index contributed by atoms with van der Waals surface area (Å²) in [4.78, 5) is 0. The molecule has 15 heavy (non-hydrogen) atoms. The lowest BCUT2D eigenvalue weighted by Crippen LogP contribution is -2.43. The molecule has 1 aromatic carbocycles. The zero-order valence-electron chi connectivity index (χ0n) is 9.48. The lowest BCUT2D eigenvalue weighted by atomic mass is 9.91. The second-order valence-electron chi connectivity index (χ2n) is 4.89. The molecule has 0 saturated carbocycles. The smallest absolute Gasteiger partial charge is 0.0476 e. The van der Waals surface area contributed by atoms with Crippen molar-refractivity contribution in [2.24, 2.45) is 0 Å². The van der Waals surface area contributed by atoms with Gasteiger partial charge in [-0.15, -0.1) is 0 Å². The molecule has 1 N–H and O–H groups in total. The quantitative estimate of drug-likeness (QED) is 0.802. The molecule has 2 heteroatoms. The number of benzene rings is 1. The Bertz CT molecular complexity index is 325. The predicted molar refractivity (Wildman–Crippen MR) is 60.9 cm³/mol. The van der Waals surface area contributed by atoms with Crippen molar-refractivity contribution in [1.29, 1.82) is 0 Å². The Kier molecular flexibility index (Phi) is 2.81. The van der Waals surface area contributed by atoms with Crippen molar-refractivity contribution in [3.63, 3.8) is 0 Å². The normalized spacial score (nSPS) is 32.1. The minimum absolute atomic E-state index is 0.0826. The van der Waals surface area contributed by atoms with E-state index in [1.807, 2.05) is 6.07 Å². The molecule has 0 amide bonds. The minimum atomic E-state index is -0.0826. The van der Waals surface area contributed by atoms with E-state index < -0.39 is 0 Å². The Morgan fingerprint density at radius 2 is 2.07 bits per heavy atom. The number of nitrogens with zero attached hydrogens (tertiary/aromatic N) is 1. The molecule has 1 saturated heterocycles. The fourth-order valence-electron chi connectivity index (χ4n) is 2.49. The van der Waals surface area contributed by atoms with Crippen LogP contribution in [0.15, 0.2) is 30.3 Å². The van der Waals surface area contributed by atoms with Gasteiger partial charge in [0.1, 0.15) is 0 Å². The predicted octanol–water partition coefficient (Wildman–Crippen LogP) is 2.86. The largest absolute Gasteiger partial charge is 0.313 e. The summed E-state index contributed by atoms with van der Waals surface area (Å²) in [6.45, 7) is 4.22. The molecule has 1 aliphatic heterocycles. The molecule has 0 aromatic heterocycles. The van der Waals surface area contributed by atoms with Crippen molar-refractivity contribution < 1.29 is 5.21 Å². The summed E-state index contributed by atoms with van der Waals surface area (Å²) < 4.78 is 0. The van der Waals surface area contributed by atoms with Crippen LogP contribution in [0.25, 0.3) is 0 Å². The molecule has 0 bridgehead atoms. The fraction of sp³-hybridized carbons (Fsp3) is 0.538. The van der Waals surface area contributed by atoms with Crippen LogP contribution in [0.5, 0.6) is 0 Å². The number of hydrogen-bond donors (Lipinski definition) is 1. The van der Waals surface area contributed by atoms with Gasteiger partial charge in [0.2, 0.25) is 0 Å². The van der Waals surface area contributed by atoms with Crippen molar-refractivity contribution in [2.45, 2.75) is 44.7 Å². The van der Waals surface area contributed by atoms with E-state index >= 15 is 0 Å². The molecule has 1 aliphatic rings. The Morgan fingerprint density at radius 1 is 1.40 bits per heavy atom. The van der Waals surface area contributed by atoms with E-state index in [1.54, 1.807) is 5.06 Å². The first kappa shape index (κ1) is 10.7. The van der Waals surface area contributed by atoms with Gasteiger partial charge in [0.05, 0.1) is 0 Å². The van der Waals surface area contributed by atoms with Gasteiger partial charge in [0, 0.05) is 11.6 Å². The summed E-state index contributed by atoms with van der Waals surface area (Å²) >= 11 is 0. The zero-order valence-corrected chi connectivity index (χ0v) is 9.48. The molecule has 0 radical (unpaired) electrons. The highest BCUT2D eigenvalue weighted by molar-refractivity contribution is 5.18.